The molecule has 0 unspecified atom stereocenters. The van der Waals surface area contributed by atoms with Gasteiger partial charge in [-0.15, -0.1) is 0 Å². The average molecular weight is 380 g/mol. The maximum absolute atomic E-state index is 12.5. The fraction of sp³-hybridized carbons (Fsp3) is 0.364. The van der Waals surface area contributed by atoms with Gasteiger partial charge in [0.25, 0.3) is 0 Å². The molecule has 3 rings (SSSR count). The minimum Gasteiger partial charge on any atom is -0.322 e. The number of para-hydroxylation sites is 1. The number of nitrogens with zero attached hydrogens (tertiary/aromatic N) is 3. The van der Waals surface area contributed by atoms with Crippen molar-refractivity contribution in [2.75, 3.05) is 50.0 Å². The van der Waals surface area contributed by atoms with E-state index in [0.717, 1.165) is 22.5 Å². The number of piperazine rings is 1. The molecule has 0 spiro atoms. The Morgan fingerprint density at radius 2 is 1.57 bits per heavy atom. The molecule has 0 atom stereocenters. The van der Waals surface area contributed by atoms with E-state index in [2.05, 4.69) is 16.3 Å². The van der Waals surface area contributed by atoms with E-state index in [1.54, 1.807) is 16.8 Å². The third-order valence-electron chi connectivity index (χ3n) is 5.01. The number of nitrogens with one attached hydrogen (secondary N) is 1. The summed E-state index contributed by atoms with van der Waals surface area (Å²) in [4.78, 5) is 30.6. The Labute approximate surface area is 166 Å². The largest absolute Gasteiger partial charge is 0.322 e. The molecule has 28 heavy (non-hydrogen) atoms. The maximum Gasteiger partial charge on any atom is 0.321 e. The lowest BCUT2D eigenvalue weighted by molar-refractivity contribution is -0.119. The van der Waals surface area contributed by atoms with E-state index in [9.17, 15) is 9.59 Å². The number of aryl methyl sites for hydroxylation is 2. The smallest absolute Gasteiger partial charge is 0.321 e. The van der Waals surface area contributed by atoms with Crippen molar-refractivity contribution < 1.29 is 9.59 Å². The van der Waals surface area contributed by atoms with Gasteiger partial charge < -0.3 is 15.1 Å². The number of hydrogen-bond donors (Lipinski definition) is 1. The molecular weight excluding hydrogens is 352 g/mol. The SMILES string of the molecule is Cc1cc(C)cc(NC(=O)N2CCN(CC(=O)N(C)c3ccccc3)CC2)c1. The standard InChI is InChI=1S/C22H28N4O2/c1-17-13-18(2)15-19(14-17)23-22(28)26-11-9-25(10-12-26)16-21(27)24(3)20-7-5-4-6-8-20/h4-8,13-15H,9-12,16H2,1-3H3,(H,23,28). The highest BCUT2D eigenvalue weighted by molar-refractivity contribution is 5.94. The Balaban J connectivity index is 1.48. The predicted octanol–water partition coefficient (Wildman–Crippen LogP) is 3.12. The van der Waals surface area contributed by atoms with Gasteiger partial charge in [0.2, 0.25) is 5.91 Å². The van der Waals surface area contributed by atoms with Crippen molar-refractivity contribution in [3.05, 3.63) is 59.7 Å². The Hall–Kier alpha value is -2.86. The zero-order chi connectivity index (χ0) is 20.1. The Kier molecular flexibility index (Phi) is 6.31. The number of carbonyl (C=O) groups excluding carboxylic acids is 2. The van der Waals surface area contributed by atoms with Crippen LogP contribution < -0.4 is 10.2 Å². The quantitative estimate of drug-likeness (QED) is 0.887. The molecular formula is C22H28N4O2. The van der Waals surface area contributed by atoms with Crippen LogP contribution in [0.4, 0.5) is 16.2 Å². The number of carbonyl (C=O) groups is 2. The summed E-state index contributed by atoms with van der Waals surface area (Å²) in [5.74, 6) is 0.0549. The van der Waals surface area contributed by atoms with E-state index in [4.69, 9.17) is 0 Å². The molecule has 1 aliphatic rings. The monoisotopic (exact) mass is 380 g/mol. The number of hydrogen-bond acceptors (Lipinski definition) is 3. The molecule has 1 fully saturated rings. The summed E-state index contributed by atoms with van der Waals surface area (Å²) in [5, 5.41) is 2.98. The van der Waals surface area contributed by atoms with Crippen LogP contribution in [0.2, 0.25) is 0 Å². The lowest BCUT2D eigenvalue weighted by Crippen LogP contribution is -2.52. The minimum absolute atomic E-state index is 0.0549. The molecule has 1 aliphatic heterocycles. The third-order valence-corrected chi connectivity index (χ3v) is 5.01. The fourth-order valence-electron chi connectivity index (χ4n) is 3.45. The summed E-state index contributed by atoms with van der Waals surface area (Å²) in [6.07, 6.45) is 0. The van der Waals surface area contributed by atoms with Crippen LogP contribution in [0.3, 0.4) is 0 Å². The number of rotatable bonds is 4. The van der Waals surface area contributed by atoms with Crippen molar-refractivity contribution in [2.24, 2.45) is 0 Å². The lowest BCUT2D eigenvalue weighted by Gasteiger charge is -2.35. The first kappa shape index (κ1) is 19.9. The summed E-state index contributed by atoms with van der Waals surface area (Å²) < 4.78 is 0. The predicted molar refractivity (Wildman–Crippen MR) is 113 cm³/mol. The maximum atomic E-state index is 12.5. The second-order valence-corrected chi connectivity index (χ2v) is 7.36. The van der Waals surface area contributed by atoms with Crippen LogP contribution in [0.1, 0.15) is 11.1 Å². The molecule has 0 aromatic heterocycles. The number of likely N-dealkylation sites (N-methyl/N-ethyl adjacent to an activating group) is 1. The van der Waals surface area contributed by atoms with Crippen LogP contribution in [-0.4, -0.2) is 61.5 Å². The number of amides is 3. The molecule has 0 saturated carbocycles. The molecule has 1 saturated heterocycles. The second-order valence-electron chi connectivity index (χ2n) is 7.36. The highest BCUT2D eigenvalue weighted by atomic mass is 16.2. The van der Waals surface area contributed by atoms with Gasteiger partial charge in [0.1, 0.15) is 0 Å². The van der Waals surface area contributed by atoms with Crippen molar-refractivity contribution in [3.63, 3.8) is 0 Å². The summed E-state index contributed by atoms with van der Waals surface area (Å²) in [5.41, 5.74) is 3.96. The Morgan fingerprint density at radius 3 is 2.18 bits per heavy atom. The molecule has 2 aromatic rings. The first-order valence-electron chi connectivity index (χ1n) is 9.60. The van der Waals surface area contributed by atoms with Gasteiger partial charge in [-0.1, -0.05) is 24.3 Å². The molecule has 0 radical (unpaired) electrons. The fourth-order valence-corrected chi connectivity index (χ4v) is 3.45. The number of benzene rings is 2. The van der Waals surface area contributed by atoms with E-state index >= 15 is 0 Å². The van der Waals surface area contributed by atoms with Gasteiger partial charge in [-0.2, -0.15) is 0 Å². The van der Waals surface area contributed by atoms with Crippen molar-refractivity contribution >= 4 is 23.3 Å². The van der Waals surface area contributed by atoms with Crippen molar-refractivity contribution in [1.29, 1.82) is 0 Å². The zero-order valence-corrected chi connectivity index (χ0v) is 16.8. The van der Waals surface area contributed by atoms with Crippen LogP contribution in [0, 0.1) is 13.8 Å². The van der Waals surface area contributed by atoms with Crippen molar-refractivity contribution in [3.8, 4) is 0 Å². The molecule has 2 aromatic carbocycles. The summed E-state index contributed by atoms with van der Waals surface area (Å²) in [7, 11) is 1.80. The molecule has 1 heterocycles. The van der Waals surface area contributed by atoms with E-state index < -0.39 is 0 Å². The van der Waals surface area contributed by atoms with Crippen LogP contribution in [0.25, 0.3) is 0 Å². The van der Waals surface area contributed by atoms with Crippen LogP contribution >= 0.6 is 0 Å². The van der Waals surface area contributed by atoms with Gasteiger partial charge in [-0.25, -0.2) is 4.79 Å². The molecule has 148 valence electrons. The molecule has 6 heteroatoms. The Morgan fingerprint density at radius 1 is 0.964 bits per heavy atom. The summed E-state index contributed by atoms with van der Waals surface area (Å²) in [6.45, 7) is 6.99. The first-order chi connectivity index (χ1) is 13.4. The van der Waals surface area contributed by atoms with Gasteiger partial charge in [0, 0.05) is 44.6 Å². The number of urea groups is 1. The van der Waals surface area contributed by atoms with Gasteiger partial charge in [-0.3, -0.25) is 9.69 Å². The zero-order valence-electron chi connectivity index (χ0n) is 16.8. The minimum atomic E-state index is -0.0858. The van der Waals surface area contributed by atoms with Gasteiger partial charge in [0.15, 0.2) is 0 Å². The molecule has 3 amide bonds. The Bertz CT molecular complexity index is 809. The van der Waals surface area contributed by atoms with E-state index in [1.807, 2.05) is 56.3 Å². The molecule has 6 nitrogen and oxygen atoms in total. The molecule has 0 aliphatic carbocycles. The highest BCUT2D eigenvalue weighted by Gasteiger charge is 2.23. The summed E-state index contributed by atoms with van der Waals surface area (Å²) in [6, 6.07) is 15.6. The highest BCUT2D eigenvalue weighted by Crippen LogP contribution is 2.15. The van der Waals surface area contributed by atoms with Gasteiger partial charge >= 0.3 is 6.03 Å². The van der Waals surface area contributed by atoms with Crippen molar-refractivity contribution in [2.45, 2.75) is 13.8 Å². The van der Waals surface area contributed by atoms with E-state index in [1.165, 1.54) is 0 Å². The third kappa shape index (κ3) is 5.10. The summed E-state index contributed by atoms with van der Waals surface area (Å²) >= 11 is 0. The van der Waals surface area contributed by atoms with Crippen LogP contribution in [0.15, 0.2) is 48.5 Å². The van der Waals surface area contributed by atoms with E-state index in [-0.39, 0.29) is 11.9 Å². The molecule has 1 N–H and O–H groups in total. The van der Waals surface area contributed by atoms with Crippen LogP contribution in [-0.2, 0) is 4.79 Å². The normalized spacial score (nSPS) is 14.6. The van der Waals surface area contributed by atoms with Crippen molar-refractivity contribution in [1.82, 2.24) is 9.80 Å². The lowest BCUT2D eigenvalue weighted by atomic mass is 10.1. The number of anilines is 2. The van der Waals surface area contributed by atoms with Gasteiger partial charge in [0.05, 0.1) is 6.54 Å². The topological polar surface area (TPSA) is 55.9 Å². The average Bonchev–Trinajstić information content (AvgIpc) is 2.67. The van der Waals surface area contributed by atoms with Gasteiger partial charge in [-0.05, 0) is 49.2 Å². The first-order valence-corrected chi connectivity index (χ1v) is 9.60. The van der Waals surface area contributed by atoms with E-state index in [0.29, 0.717) is 32.7 Å². The molecule has 0 bridgehead atoms. The second kappa shape index (κ2) is 8.89. The van der Waals surface area contributed by atoms with Crippen LogP contribution in [0.5, 0.6) is 0 Å².